The lowest BCUT2D eigenvalue weighted by atomic mass is 9.65. The van der Waals surface area contributed by atoms with E-state index < -0.39 is 5.60 Å². The Morgan fingerprint density at radius 1 is 1.27 bits per heavy atom. The molecule has 0 radical (unpaired) electrons. The van der Waals surface area contributed by atoms with E-state index in [4.69, 9.17) is 5.41 Å². The third kappa shape index (κ3) is 1.88. The van der Waals surface area contributed by atoms with Crippen LogP contribution in [0.4, 0.5) is 0 Å². The van der Waals surface area contributed by atoms with Gasteiger partial charge in [0.1, 0.15) is 5.84 Å². The Hall–Kier alpha value is -0.610. The normalized spacial score (nSPS) is 35.9. The molecule has 2 rings (SSSR count). The van der Waals surface area contributed by atoms with Crippen molar-refractivity contribution >= 4 is 5.84 Å². The van der Waals surface area contributed by atoms with Gasteiger partial charge in [0.25, 0.3) is 0 Å². The minimum Gasteiger partial charge on any atom is -0.388 e. The molecular weight excluding hydrogens is 192 g/mol. The molecule has 0 bridgehead atoms. The van der Waals surface area contributed by atoms with Crippen molar-refractivity contribution in [3.05, 3.63) is 0 Å². The van der Waals surface area contributed by atoms with Crippen LogP contribution in [0.2, 0.25) is 0 Å². The van der Waals surface area contributed by atoms with Gasteiger partial charge in [0.15, 0.2) is 0 Å². The minimum absolute atomic E-state index is 0.160. The molecule has 0 aromatic heterocycles. The van der Waals surface area contributed by atoms with Gasteiger partial charge in [-0.25, -0.2) is 5.06 Å². The standard InChI is InChI=1S/C11H20N2O2/c1-10(14)7-11(5-3-2-4-6-11)9(12)13(15)8-10/h12,14-15H,2-8H2,1H3/t10-/m0/s1. The Balaban J connectivity index is 2.24. The number of nitrogens with zero attached hydrogens (tertiary/aromatic N) is 1. The minimum atomic E-state index is -0.864. The maximum atomic E-state index is 10.1. The number of rotatable bonds is 0. The first-order valence-corrected chi connectivity index (χ1v) is 5.73. The Labute approximate surface area is 90.4 Å². The van der Waals surface area contributed by atoms with E-state index in [0.29, 0.717) is 12.3 Å². The molecule has 1 heterocycles. The molecule has 0 amide bonds. The van der Waals surface area contributed by atoms with Crippen LogP contribution in [0.3, 0.4) is 0 Å². The summed E-state index contributed by atoms with van der Waals surface area (Å²) in [5, 5.41) is 28.7. The zero-order valence-electron chi connectivity index (χ0n) is 9.29. The predicted molar refractivity (Wildman–Crippen MR) is 57.0 cm³/mol. The highest BCUT2D eigenvalue weighted by Crippen LogP contribution is 2.46. The van der Waals surface area contributed by atoms with Crippen molar-refractivity contribution in [2.45, 2.75) is 51.0 Å². The maximum absolute atomic E-state index is 10.1. The number of amidine groups is 1. The van der Waals surface area contributed by atoms with E-state index in [1.807, 2.05) is 0 Å². The maximum Gasteiger partial charge on any atom is 0.127 e. The molecule has 1 atom stereocenters. The first kappa shape index (κ1) is 10.9. The van der Waals surface area contributed by atoms with Gasteiger partial charge in [-0.2, -0.15) is 0 Å². The second kappa shape index (κ2) is 3.46. The number of hydrogen-bond donors (Lipinski definition) is 3. The van der Waals surface area contributed by atoms with Gasteiger partial charge in [-0.1, -0.05) is 19.3 Å². The van der Waals surface area contributed by atoms with Gasteiger partial charge in [0, 0.05) is 5.41 Å². The molecule has 0 unspecified atom stereocenters. The molecule has 2 aliphatic rings. The Kier molecular flexibility index (Phi) is 2.51. The lowest BCUT2D eigenvalue weighted by molar-refractivity contribution is -0.126. The lowest BCUT2D eigenvalue weighted by Crippen LogP contribution is -2.57. The summed E-state index contributed by atoms with van der Waals surface area (Å²) in [5.41, 5.74) is -1.13. The molecule has 1 saturated heterocycles. The molecule has 1 spiro atoms. The molecule has 0 aromatic rings. The quantitative estimate of drug-likeness (QED) is 0.573. The average Bonchev–Trinajstić information content (AvgIpc) is 2.14. The van der Waals surface area contributed by atoms with Crippen LogP contribution in [0.1, 0.15) is 45.4 Å². The molecule has 15 heavy (non-hydrogen) atoms. The molecule has 0 aromatic carbocycles. The fourth-order valence-corrected chi connectivity index (χ4v) is 3.19. The van der Waals surface area contributed by atoms with Crippen LogP contribution >= 0.6 is 0 Å². The van der Waals surface area contributed by atoms with E-state index in [1.54, 1.807) is 6.92 Å². The second-order valence-electron chi connectivity index (χ2n) is 5.42. The number of piperidine rings is 1. The van der Waals surface area contributed by atoms with Crippen LogP contribution < -0.4 is 0 Å². The molecule has 3 N–H and O–H groups in total. The van der Waals surface area contributed by atoms with Crippen molar-refractivity contribution < 1.29 is 10.3 Å². The largest absolute Gasteiger partial charge is 0.388 e. The van der Waals surface area contributed by atoms with Crippen LogP contribution in [-0.4, -0.2) is 33.4 Å². The van der Waals surface area contributed by atoms with Crippen molar-refractivity contribution in [3.8, 4) is 0 Å². The number of β-amino-alcohol motifs (C(OH)–C–C–N with tert-alkyl or cyclic N) is 1. The van der Waals surface area contributed by atoms with Gasteiger partial charge < -0.3 is 5.11 Å². The van der Waals surface area contributed by atoms with E-state index >= 15 is 0 Å². The summed E-state index contributed by atoms with van der Waals surface area (Å²) in [6.45, 7) is 1.91. The number of hydroxylamine groups is 2. The summed E-state index contributed by atoms with van der Waals surface area (Å²) in [5.74, 6) is 0.314. The number of hydrogen-bond acceptors (Lipinski definition) is 3. The topological polar surface area (TPSA) is 67.6 Å². The summed E-state index contributed by atoms with van der Waals surface area (Å²) >= 11 is 0. The van der Waals surface area contributed by atoms with Crippen molar-refractivity contribution in [1.29, 1.82) is 5.41 Å². The third-order valence-electron chi connectivity index (χ3n) is 3.78. The van der Waals surface area contributed by atoms with Crippen molar-refractivity contribution in [3.63, 3.8) is 0 Å². The summed E-state index contributed by atoms with van der Waals surface area (Å²) in [7, 11) is 0. The average molecular weight is 212 g/mol. The van der Waals surface area contributed by atoms with Crippen LogP contribution in [0, 0.1) is 10.8 Å². The molecule has 1 saturated carbocycles. The van der Waals surface area contributed by atoms with E-state index in [-0.39, 0.29) is 12.0 Å². The van der Waals surface area contributed by atoms with Gasteiger partial charge in [-0.15, -0.1) is 0 Å². The third-order valence-corrected chi connectivity index (χ3v) is 3.78. The Bertz CT molecular complexity index is 270. The second-order valence-corrected chi connectivity index (χ2v) is 5.42. The molecule has 4 nitrogen and oxygen atoms in total. The molecule has 86 valence electrons. The zero-order chi connectivity index (χ0) is 11.1. The fraction of sp³-hybridized carbons (Fsp3) is 0.909. The first-order chi connectivity index (χ1) is 6.95. The van der Waals surface area contributed by atoms with Crippen LogP contribution in [0.15, 0.2) is 0 Å². The summed E-state index contributed by atoms with van der Waals surface area (Å²) in [4.78, 5) is 0. The SMILES string of the molecule is C[C@@]1(O)CN(O)C(=N)C2(CCCCC2)C1. The number of nitrogens with one attached hydrogen (secondary N) is 1. The van der Waals surface area contributed by atoms with E-state index in [2.05, 4.69) is 0 Å². The van der Waals surface area contributed by atoms with Gasteiger partial charge in [0.05, 0.1) is 12.1 Å². The van der Waals surface area contributed by atoms with Crippen LogP contribution in [0.25, 0.3) is 0 Å². The molecule has 1 aliphatic carbocycles. The summed E-state index contributed by atoms with van der Waals surface area (Å²) < 4.78 is 0. The van der Waals surface area contributed by atoms with E-state index in [9.17, 15) is 10.3 Å². The molecule has 4 heteroatoms. The molecule has 2 fully saturated rings. The van der Waals surface area contributed by atoms with Crippen molar-refractivity contribution in [2.75, 3.05) is 6.54 Å². The lowest BCUT2D eigenvalue weighted by Gasteiger charge is -2.49. The highest BCUT2D eigenvalue weighted by molar-refractivity contribution is 5.85. The summed E-state index contributed by atoms with van der Waals surface area (Å²) in [6.07, 6.45) is 5.90. The predicted octanol–water partition coefficient (Wildman–Crippen LogP) is 1.76. The highest BCUT2D eigenvalue weighted by atomic mass is 16.5. The van der Waals surface area contributed by atoms with E-state index in [0.717, 1.165) is 30.7 Å². The van der Waals surface area contributed by atoms with Gasteiger partial charge in [0.2, 0.25) is 0 Å². The number of aliphatic hydroxyl groups is 1. The Morgan fingerprint density at radius 3 is 2.47 bits per heavy atom. The van der Waals surface area contributed by atoms with Crippen molar-refractivity contribution in [1.82, 2.24) is 5.06 Å². The van der Waals surface area contributed by atoms with Crippen molar-refractivity contribution in [2.24, 2.45) is 5.41 Å². The smallest absolute Gasteiger partial charge is 0.127 e. The van der Waals surface area contributed by atoms with Crippen LogP contribution in [0.5, 0.6) is 0 Å². The Morgan fingerprint density at radius 2 is 1.87 bits per heavy atom. The summed E-state index contributed by atoms with van der Waals surface area (Å²) in [6, 6.07) is 0. The monoisotopic (exact) mass is 212 g/mol. The fourth-order valence-electron chi connectivity index (χ4n) is 3.19. The van der Waals surface area contributed by atoms with Gasteiger partial charge in [-0.3, -0.25) is 10.6 Å². The van der Waals surface area contributed by atoms with E-state index in [1.165, 1.54) is 6.42 Å². The van der Waals surface area contributed by atoms with Gasteiger partial charge in [-0.05, 0) is 26.2 Å². The first-order valence-electron chi connectivity index (χ1n) is 5.73. The molecule has 1 aliphatic heterocycles. The zero-order valence-corrected chi connectivity index (χ0v) is 9.29. The molecular formula is C11H20N2O2. The highest BCUT2D eigenvalue weighted by Gasteiger charge is 2.48. The van der Waals surface area contributed by atoms with Crippen LogP contribution in [-0.2, 0) is 0 Å². The van der Waals surface area contributed by atoms with Gasteiger partial charge >= 0.3 is 0 Å².